The van der Waals surface area contributed by atoms with Crippen LogP contribution >= 0.6 is 11.6 Å². The van der Waals surface area contributed by atoms with E-state index in [1.807, 2.05) is 12.1 Å². The van der Waals surface area contributed by atoms with E-state index in [-0.39, 0.29) is 12.5 Å². The molecular weight excluding hydrogens is 326 g/mol. The van der Waals surface area contributed by atoms with Crippen LogP contribution in [0.25, 0.3) is 0 Å². The molecule has 1 fully saturated rings. The molecular formula is C18H28ClN3O2. The van der Waals surface area contributed by atoms with Crippen LogP contribution in [0.5, 0.6) is 5.75 Å². The van der Waals surface area contributed by atoms with Gasteiger partial charge in [0.2, 0.25) is 0 Å². The number of carbonyl (C=O) groups excluding carboxylic acids is 1. The van der Waals surface area contributed by atoms with Crippen molar-refractivity contribution >= 4 is 17.5 Å². The van der Waals surface area contributed by atoms with Gasteiger partial charge < -0.3 is 15.0 Å². The average Bonchev–Trinajstić information content (AvgIpc) is 2.55. The van der Waals surface area contributed by atoms with Crippen molar-refractivity contribution in [1.29, 1.82) is 0 Å². The van der Waals surface area contributed by atoms with Crippen LogP contribution < -0.4 is 10.1 Å². The Bertz CT molecular complexity index is 531. The SMILES string of the molecule is CC(C)C(CNC(=O)COc1ccccc1Cl)N1CCN(C)CC1. The first kappa shape index (κ1) is 19.0. The lowest BCUT2D eigenvalue weighted by atomic mass is 10.0. The van der Waals surface area contributed by atoms with Crippen LogP contribution in [0.1, 0.15) is 13.8 Å². The highest BCUT2D eigenvalue weighted by Gasteiger charge is 2.25. The van der Waals surface area contributed by atoms with Gasteiger partial charge in [-0.1, -0.05) is 37.6 Å². The number of nitrogens with one attached hydrogen (secondary N) is 1. The third-order valence-corrected chi connectivity index (χ3v) is 4.79. The minimum atomic E-state index is -0.116. The maximum Gasteiger partial charge on any atom is 0.257 e. The Morgan fingerprint density at radius 1 is 1.25 bits per heavy atom. The normalized spacial score (nSPS) is 17.7. The number of likely N-dealkylation sites (N-methyl/N-ethyl adjacent to an activating group) is 1. The Morgan fingerprint density at radius 2 is 1.92 bits per heavy atom. The molecule has 0 radical (unpaired) electrons. The van der Waals surface area contributed by atoms with Gasteiger partial charge in [0.15, 0.2) is 6.61 Å². The van der Waals surface area contributed by atoms with Crippen molar-refractivity contribution in [2.24, 2.45) is 5.92 Å². The maximum absolute atomic E-state index is 12.1. The molecule has 1 aliphatic heterocycles. The van der Waals surface area contributed by atoms with Crippen molar-refractivity contribution in [2.75, 3.05) is 46.4 Å². The second kappa shape index (κ2) is 9.25. The molecule has 1 aliphatic rings. The largest absolute Gasteiger partial charge is 0.482 e. The summed E-state index contributed by atoms with van der Waals surface area (Å²) in [5, 5.41) is 3.52. The lowest BCUT2D eigenvalue weighted by Crippen LogP contribution is -2.54. The number of rotatable bonds is 7. The standard InChI is InChI=1S/C18H28ClN3O2/c1-14(2)16(22-10-8-21(3)9-11-22)12-20-18(23)13-24-17-7-5-4-6-15(17)19/h4-7,14,16H,8-13H2,1-3H3,(H,20,23). The molecule has 1 atom stereocenters. The number of ether oxygens (including phenoxy) is 1. The zero-order valence-electron chi connectivity index (χ0n) is 14.8. The van der Waals surface area contributed by atoms with Gasteiger partial charge in [-0.2, -0.15) is 0 Å². The summed E-state index contributed by atoms with van der Waals surface area (Å²) in [5.41, 5.74) is 0. The molecule has 0 aromatic heterocycles. The van der Waals surface area contributed by atoms with Gasteiger partial charge in [0, 0.05) is 38.8 Å². The van der Waals surface area contributed by atoms with Gasteiger partial charge >= 0.3 is 0 Å². The summed E-state index contributed by atoms with van der Waals surface area (Å²) < 4.78 is 5.49. The zero-order chi connectivity index (χ0) is 17.5. The fraction of sp³-hybridized carbons (Fsp3) is 0.611. The molecule has 1 N–H and O–H groups in total. The predicted octanol–water partition coefficient (Wildman–Crippen LogP) is 2.11. The third-order valence-electron chi connectivity index (χ3n) is 4.48. The Morgan fingerprint density at radius 3 is 2.54 bits per heavy atom. The predicted molar refractivity (Wildman–Crippen MR) is 97.7 cm³/mol. The first-order chi connectivity index (χ1) is 11.5. The average molecular weight is 354 g/mol. The van der Waals surface area contributed by atoms with Crippen LogP contribution in [0.4, 0.5) is 0 Å². The molecule has 1 aromatic carbocycles. The van der Waals surface area contributed by atoms with E-state index in [9.17, 15) is 4.79 Å². The molecule has 1 unspecified atom stereocenters. The van der Waals surface area contributed by atoms with E-state index in [0.29, 0.717) is 29.3 Å². The second-order valence-electron chi connectivity index (χ2n) is 6.67. The summed E-state index contributed by atoms with van der Waals surface area (Å²) in [6, 6.07) is 7.52. The summed E-state index contributed by atoms with van der Waals surface area (Å²) in [7, 11) is 2.15. The van der Waals surface area contributed by atoms with Gasteiger partial charge in [-0.15, -0.1) is 0 Å². The van der Waals surface area contributed by atoms with Crippen molar-refractivity contribution < 1.29 is 9.53 Å². The molecule has 1 saturated heterocycles. The zero-order valence-corrected chi connectivity index (χ0v) is 15.6. The number of para-hydroxylation sites is 1. The Hall–Kier alpha value is -1.30. The second-order valence-corrected chi connectivity index (χ2v) is 7.08. The molecule has 0 aliphatic carbocycles. The number of hydrogen-bond donors (Lipinski definition) is 1. The molecule has 1 heterocycles. The van der Waals surface area contributed by atoms with Crippen LogP contribution in [0, 0.1) is 5.92 Å². The molecule has 24 heavy (non-hydrogen) atoms. The number of benzene rings is 1. The molecule has 0 spiro atoms. The van der Waals surface area contributed by atoms with E-state index in [4.69, 9.17) is 16.3 Å². The molecule has 0 bridgehead atoms. The molecule has 6 heteroatoms. The maximum atomic E-state index is 12.1. The van der Waals surface area contributed by atoms with E-state index in [1.54, 1.807) is 12.1 Å². The first-order valence-electron chi connectivity index (χ1n) is 8.54. The first-order valence-corrected chi connectivity index (χ1v) is 8.91. The molecule has 134 valence electrons. The van der Waals surface area contributed by atoms with E-state index in [0.717, 1.165) is 26.2 Å². The quantitative estimate of drug-likeness (QED) is 0.815. The van der Waals surface area contributed by atoms with Gasteiger partial charge in [0.1, 0.15) is 5.75 Å². The molecule has 1 aromatic rings. The minimum Gasteiger partial charge on any atom is -0.482 e. The van der Waals surface area contributed by atoms with Gasteiger partial charge in [-0.05, 0) is 25.1 Å². The monoisotopic (exact) mass is 353 g/mol. The summed E-state index contributed by atoms with van der Waals surface area (Å²) in [6.45, 7) is 9.28. The van der Waals surface area contributed by atoms with Crippen molar-refractivity contribution in [1.82, 2.24) is 15.1 Å². The van der Waals surface area contributed by atoms with Crippen molar-refractivity contribution in [2.45, 2.75) is 19.9 Å². The van der Waals surface area contributed by atoms with Gasteiger partial charge in [-0.25, -0.2) is 0 Å². The van der Waals surface area contributed by atoms with Crippen molar-refractivity contribution in [3.8, 4) is 5.75 Å². The minimum absolute atomic E-state index is 0.0166. The van der Waals surface area contributed by atoms with E-state index in [2.05, 4.69) is 36.0 Å². The Balaban J connectivity index is 1.79. The number of amides is 1. The topological polar surface area (TPSA) is 44.8 Å². The number of nitrogens with zero attached hydrogens (tertiary/aromatic N) is 2. The summed E-state index contributed by atoms with van der Waals surface area (Å²) in [4.78, 5) is 16.9. The van der Waals surface area contributed by atoms with Gasteiger partial charge in [0.05, 0.1) is 5.02 Å². The lowest BCUT2D eigenvalue weighted by molar-refractivity contribution is -0.123. The summed E-state index contributed by atoms with van der Waals surface area (Å²) in [6.07, 6.45) is 0. The van der Waals surface area contributed by atoms with Crippen LogP contribution in [0.15, 0.2) is 24.3 Å². The van der Waals surface area contributed by atoms with Crippen LogP contribution in [0.3, 0.4) is 0 Å². The molecule has 1 amide bonds. The van der Waals surface area contributed by atoms with Crippen molar-refractivity contribution in [3.05, 3.63) is 29.3 Å². The molecule has 2 rings (SSSR count). The number of piperazine rings is 1. The van der Waals surface area contributed by atoms with Gasteiger partial charge in [-0.3, -0.25) is 9.69 Å². The van der Waals surface area contributed by atoms with E-state index < -0.39 is 0 Å². The third kappa shape index (κ3) is 5.65. The molecule has 0 saturated carbocycles. The molecule has 5 nitrogen and oxygen atoms in total. The van der Waals surface area contributed by atoms with Crippen LogP contribution in [0.2, 0.25) is 5.02 Å². The van der Waals surface area contributed by atoms with E-state index in [1.165, 1.54) is 0 Å². The van der Waals surface area contributed by atoms with Crippen LogP contribution in [-0.4, -0.2) is 68.1 Å². The van der Waals surface area contributed by atoms with Crippen molar-refractivity contribution in [3.63, 3.8) is 0 Å². The van der Waals surface area contributed by atoms with Crippen LogP contribution in [-0.2, 0) is 4.79 Å². The fourth-order valence-corrected chi connectivity index (χ4v) is 3.10. The fourth-order valence-electron chi connectivity index (χ4n) is 2.91. The highest BCUT2D eigenvalue weighted by molar-refractivity contribution is 6.32. The highest BCUT2D eigenvalue weighted by atomic mass is 35.5. The Labute approximate surface area is 149 Å². The van der Waals surface area contributed by atoms with Gasteiger partial charge in [0.25, 0.3) is 5.91 Å². The Kier molecular flexibility index (Phi) is 7.34. The highest BCUT2D eigenvalue weighted by Crippen LogP contribution is 2.22. The summed E-state index contributed by atoms with van der Waals surface area (Å²) >= 11 is 6.02. The number of hydrogen-bond acceptors (Lipinski definition) is 4. The lowest BCUT2D eigenvalue weighted by Gasteiger charge is -2.39. The number of carbonyl (C=O) groups is 1. The smallest absolute Gasteiger partial charge is 0.257 e. The number of halogens is 1. The summed E-state index contributed by atoms with van der Waals surface area (Å²) in [5.74, 6) is 0.904. The van der Waals surface area contributed by atoms with E-state index >= 15 is 0 Å².